The molecule has 8 heteroatoms. The average Bonchev–Trinajstić information content (AvgIpc) is 2.89. The maximum absolute atomic E-state index is 11.9. The third-order valence-electron chi connectivity index (χ3n) is 2.26. The number of H-pyrrole nitrogens is 1. The lowest BCUT2D eigenvalue weighted by Crippen LogP contribution is -2.25. The van der Waals surface area contributed by atoms with E-state index in [1.165, 1.54) is 12.4 Å². The van der Waals surface area contributed by atoms with Crippen molar-refractivity contribution in [2.24, 2.45) is 5.84 Å². The molecule has 0 unspecified atom stereocenters. The summed E-state index contributed by atoms with van der Waals surface area (Å²) in [5.41, 5.74) is 3.30. The van der Waals surface area contributed by atoms with Crippen LogP contribution in [0.2, 0.25) is 5.02 Å². The standard InChI is InChI=1S/C10H11ClN6O/c11-6-1-2-8(16-12)7(3-6)10(18)13-4-9-14-5-15-17-9/h1-3,5,16H,4,12H2,(H,13,18)(H,14,15,17). The number of anilines is 1. The zero-order valence-electron chi connectivity index (χ0n) is 9.27. The smallest absolute Gasteiger partial charge is 0.253 e. The Kier molecular flexibility index (Phi) is 3.75. The van der Waals surface area contributed by atoms with E-state index in [4.69, 9.17) is 17.4 Å². The highest BCUT2D eigenvalue weighted by Crippen LogP contribution is 2.19. The number of aromatic nitrogens is 3. The molecule has 0 radical (unpaired) electrons. The molecular formula is C10H11ClN6O. The zero-order valence-corrected chi connectivity index (χ0v) is 10.0. The second-order valence-electron chi connectivity index (χ2n) is 3.45. The number of hydrazine groups is 1. The minimum Gasteiger partial charge on any atom is -0.345 e. The van der Waals surface area contributed by atoms with Crippen LogP contribution in [0.3, 0.4) is 0 Å². The molecule has 2 rings (SSSR count). The molecule has 0 saturated heterocycles. The highest BCUT2D eigenvalue weighted by atomic mass is 35.5. The number of amides is 1. The average molecular weight is 267 g/mol. The third-order valence-corrected chi connectivity index (χ3v) is 2.50. The quantitative estimate of drug-likeness (QED) is 0.480. The van der Waals surface area contributed by atoms with E-state index in [0.29, 0.717) is 22.1 Å². The van der Waals surface area contributed by atoms with Crippen LogP contribution in [0.5, 0.6) is 0 Å². The Labute approximate surface area is 108 Å². The van der Waals surface area contributed by atoms with Crippen LogP contribution in [-0.4, -0.2) is 21.1 Å². The van der Waals surface area contributed by atoms with E-state index in [2.05, 4.69) is 25.9 Å². The number of nitrogen functional groups attached to an aromatic ring is 1. The van der Waals surface area contributed by atoms with Crippen LogP contribution in [0.15, 0.2) is 24.5 Å². The van der Waals surface area contributed by atoms with Crippen molar-refractivity contribution in [3.63, 3.8) is 0 Å². The van der Waals surface area contributed by atoms with Crippen molar-refractivity contribution in [2.75, 3.05) is 5.43 Å². The summed E-state index contributed by atoms with van der Waals surface area (Å²) >= 11 is 5.84. The summed E-state index contributed by atoms with van der Waals surface area (Å²) < 4.78 is 0. The monoisotopic (exact) mass is 266 g/mol. The van der Waals surface area contributed by atoms with Crippen molar-refractivity contribution in [3.8, 4) is 0 Å². The predicted octanol–water partition coefficient (Wildman–Crippen LogP) is 0.674. The summed E-state index contributed by atoms with van der Waals surface area (Å²) in [6, 6.07) is 4.81. The van der Waals surface area contributed by atoms with E-state index in [1.54, 1.807) is 12.1 Å². The molecule has 94 valence electrons. The summed E-state index contributed by atoms with van der Waals surface area (Å²) in [4.78, 5) is 15.8. The summed E-state index contributed by atoms with van der Waals surface area (Å²) in [5, 5.41) is 9.46. The van der Waals surface area contributed by atoms with Crippen LogP contribution in [0.25, 0.3) is 0 Å². The van der Waals surface area contributed by atoms with Gasteiger partial charge < -0.3 is 10.7 Å². The van der Waals surface area contributed by atoms with Crippen LogP contribution in [0, 0.1) is 0 Å². The highest BCUT2D eigenvalue weighted by Gasteiger charge is 2.11. The Balaban J connectivity index is 2.10. The Morgan fingerprint density at radius 3 is 3.00 bits per heavy atom. The first-order chi connectivity index (χ1) is 8.70. The van der Waals surface area contributed by atoms with Crippen molar-refractivity contribution >= 4 is 23.2 Å². The SMILES string of the molecule is NNc1ccc(Cl)cc1C(=O)NCc1ncn[nH]1. The van der Waals surface area contributed by atoms with Gasteiger partial charge in [-0.3, -0.25) is 15.7 Å². The number of carbonyl (C=O) groups excluding carboxylic acids is 1. The lowest BCUT2D eigenvalue weighted by atomic mass is 10.1. The summed E-state index contributed by atoms with van der Waals surface area (Å²) in [5.74, 6) is 5.59. The fraction of sp³-hybridized carbons (Fsp3) is 0.100. The number of nitrogens with zero attached hydrogens (tertiary/aromatic N) is 2. The lowest BCUT2D eigenvalue weighted by Gasteiger charge is -2.09. The molecule has 0 aliphatic carbocycles. The molecule has 0 atom stereocenters. The van der Waals surface area contributed by atoms with Crippen LogP contribution in [-0.2, 0) is 6.54 Å². The minimum atomic E-state index is -0.304. The van der Waals surface area contributed by atoms with Gasteiger partial charge in [0.15, 0.2) is 0 Å². The maximum atomic E-state index is 11.9. The van der Waals surface area contributed by atoms with Gasteiger partial charge in [-0.1, -0.05) is 11.6 Å². The molecule has 1 aromatic carbocycles. The van der Waals surface area contributed by atoms with E-state index in [-0.39, 0.29) is 12.5 Å². The number of nitrogens with two attached hydrogens (primary N) is 1. The van der Waals surface area contributed by atoms with Gasteiger partial charge in [-0.05, 0) is 18.2 Å². The largest absolute Gasteiger partial charge is 0.345 e. The van der Waals surface area contributed by atoms with E-state index in [0.717, 1.165) is 0 Å². The molecule has 0 spiro atoms. The van der Waals surface area contributed by atoms with Gasteiger partial charge in [0.25, 0.3) is 5.91 Å². The van der Waals surface area contributed by atoms with Gasteiger partial charge in [0.2, 0.25) is 0 Å². The summed E-state index contributed by atoms with van der Waals surface area (Å²) in [6.07, 6.45) is 1.37. The lowest BCUT2D eigenvalue weighted by molar-refractivity contribution is 0.0950. The van der Waals surface area contributed by atoms with E-state index in [9.17, 15) is 4.79 Å². The highest BCUT2D eigenvalue weighted by molar-refractivity contribution is 6.31. The Hall–Kier alpha value is -2.12. The van der Waals surface area contributed by atoms with Crippen LogP contribution < -0.4 is 16.6 Å². The molecule has 2 aromatic rings. The fourth-order valence-corrected chi connectivity index (χ4v) is 1.58. The van der Waals surface area contributed by atoms with Crippen LogP contribution >= 0.6 is 11.6 Å². The molecule has 5 N–H and O–H groups in total. The van der Waals surface area contributed by atoms with Crippen molar-refractivity contribution in [1.82, 2.24) is 20.5 Å². The number of hydrogen-bond acceptors (Lipinski definition) is 5. The Morgan fingerprint density at radius 1 is 1.50 bits per heavy atom. The van der Waals surface area contributed by atoms with Crippen LogP contribution in [0.1, 0.15) is 16.2 Å². The van der Waals surface area contributed by atoms with Crippen molar-refractivity contribution < 1.29 is 4.79 Å². The number of hydrogen-bond donors (Lipinski definition) is 4. The molecule has 0 bridgehead atoms. The number of carbonyl (C=O) groups is 1. The molecule has 18 heavy (non-hydrogen) atoms. The van der Waals surface area contributed by atoms with Crippen LogP contribution in [0.4, 0.5) is 5.69 Å². The molecule has 0 saturated carbocycles. The van der Waals surface area contributed by atoms with Gasteiger partial charge in [0.05, 0.1) is 17.8 Å². The number of benzene rings is 1. The Bertz CT molecular complexity index is 541. The third kappa shape index (κ3) is 2.76. The minimum absolute atomic E-state index is 0.245. The molecule has 1 heterocycles. The van der Waals surface area contributed by atoms with Crippen molar-refractivity contribution in [2.45, 2.75) is 6.54 Å². The molecule has 0 aliphatic heterocycles. The second-order valence-corrected chi connectivity index (χ2v) is 3.89. The van der Waals surface area contributed by atoms with Crippen molar-refractivity contribution in [1.29, 1.82) is 0 Å². The maximum Gasteiger partial charge on any atom is 0.253 e. The Morgan fingerprint density at radius 2 is 2.33 bits per heavy atom. The van der Waals surface area contributed by atoms with E-state index >= 15 is 0 Å². The first kappa shape index (κ1) is 12.3. The first-order valence-electron chi connectivity index (χ1n) is 5.09. The normalized spacial score (nSPS) is 10.1. The number of rotatable bonds is 4. The zero-order chi connectivity index (χ0) is 13.0. The number of halogens is 1. The molecule has 0 fully saturated rings. The molecule has 0 aliphatic rings. The topological polar surface area (TPSA) is 109 Å². The summed E-state index contributed by atoms with van der Waals surface area (Å²) in [7, 11) is 0. The molecule has 7 nitrogen and oxygen atoms in total. The molecule has 1 aromatic heterocycles. The van der Waals surface area contributed by atoms with Gasteiger partial charge in [0, 0.05) is 5.02 Å². The van der Waals surface area contributed by atoms with Gasteiger partial charge in [-0.25, -0.2) is 4.98 Å². The van der Waals surface area contributed by atoms with Gasteiger partial charge in [-0.15, -0.1) is 0 Å². The second kappa shape index (κ2) is 5.48. The van der Waals surface area contributed by atoms with E-state index < -0.39 is 0 Å². The first-order valence-corrected chi connectivity index (χ1v) is 5.47. The van der Waals surface area contributed by atoms with Crippen molar-refractivity contribution in [3.05, 3.63) is 40.9 Å². The fourth-order valence-electron chi connectivity index (χ4n) is 1.41. The predicted molar refractivity (Wildman–Crippen MR) is 66.8 cm³/mol. The number of aromatic amines is 1. The number of nitrogens with one attached hydrogen (secondary N) is 3. The molecule has 1 amide bonds. The van der Waals surface area contributed by atoms with Gasteiger partial charge in [0.1, 0.15) is 12.2 Å². The van der Waals surface area contributed by atoms with E-state index in [1.807, 2.05) is 0 Å². The van der Waals surface area contributed by atoms with Gasteiger partial charge >= 0.3 is 0 Å². The van der Waals surface area contributed by atoms with Gasteiger partial charge in [-0.2, -0.15) is 5.10 Å². The summed E-state index contributed by atoms with van der Waals surface area (Å²) in [6.45, 7) is 0.245. The molecular weight excluding hydrogens is 256 g/mol.